The summed E-state index contributed by atoms with van der Waals surface area (Å²) in [5, 5.41) is 3.91. The lowest BCUT2D eigenvalue weighted by molar-refractivity contribution is -0.113. The van der Waals surface area contributed by atoms with Crippen LogP contribution < -0.4 is 10.2 Å². The predicted octanol–water partition coefficient (Wildman–Crippen LogP) is 3.12. The Bertz CT molecular complexity index is 730. The number of hydrogen-bond acceptors (Lipinski definition) is 5. The molecule has 1 amide bonds. The molecule has 6 heteroatoms. The van der Waals surface area contributed by atoms with E-state index in [9.17, 15) is 4.79 Å². The highest BCUT2D eigenvalue weighted by Gasteiger charge is 2.19. The molecular formula is C20H24N4OS. The fraction of sp³-hybridized carbons (Fsp3) is 0.300. The molecule has 136 valence electrons. The first-order valence-electron chi connectivity index (χ1n) is 8.77. The van der Waals surface area contributed by atoms with Crippen molar-refractivity contribution in [2.45, 2.75) is 5.03 Å². The Kier molecular flexibility index (Phi) is 6.68. The van der Waals surface area contributed by atoms with E-state index in [1.165, 1.54) is 11.8 Å². The van der Waals surface area contributed by atoms with Crippen molar-refractivity contribution < 1.29 is 4.79 Å². The highest BCUT2D eigenvalue weighted by Crippen LogP contribution is 2.27. The zero-order chi connectivity index (χ0) is 18.2. The molecule has 2 heterocycles. The van der Waals surface area contributed by atoms with Crippen molar-refractivity contribution in [3.8, 4) is 0 Å². The van der Waals surface area contributed by atoms with E-state index >= 15 is 0 Å². The third-order valence-electron chi connectivity index (χ3n) is 4.27. The van der Waals surface area contributed by atoms with Crippen LogP contribution in [0.4, 0.5) is 11.4 Å². The van der Waals surface area contributed by atoms with Gasteiger partial charge in [0.1, 0.15) is 0 Å². The van der Waals surface area contributed by atoms with Crippen LogP contribution in [0.25, 0.3) is 0 Å². The number of carbonyl (C=O) groups is 1. The van der Waals surface area contributed by atoms with Crippen LogP contribution in [0.1, 0.15) is 0 Å². The van der Waals surface area contributed by atoms with Crippen LogP contribution in [0.5, 0.6) is 0 Å². The molecule has 0 spiro atoms. The molecule has 1 aromatic heterocycles. The maximum absolute atomic E-state index is 12.4. The van der Waals surface area contributed by atoms with E-state index in [0.717, 1.165) is 49.1 Å². The summed E-state index contributed by atoms with van der Waals surface area (Å²) in [6.07, 6.45) is 3.69. The monoisotopic (exact) mass is 368 g/mol. The van der Waals surface area contributed by atoms with E-state index in [-0.39, 0.29) is 5.91 Å². The van der Waals surface area contributed by atoms with Crippen molar-refractivity contribution >= 4 is 29.0 Å². The SMILES string of the molecule is C=CCN1CCN(c2ccccc2NC(=O)CSc2ccccn2)CC1. The number of hydrogen-bond donors (Lipinski definition) is 1. The number of nitrogens with zero attached hydrogens (tertiary/aromatic N) is 3. The third-order valence-corrected chi connectivity index (χ3v) is 5.21. The number of amides is 1. The molecule has 0 aliphatic carbocycles. The van der Waals surface area contributed by atoms with Gasteiger partial charge in [0.2, 0.25) is 5.91 Å². The molecule has 3 rings (SSSR count). The molecule has 26 heavy (non-hydrogen) atoms. The van der Waals surface area contributed by atoms with E-state index in [1.807, 2.05) is 42.5 Å². The highest BCUT2D eigenvalue weighted by atomic mass is 32.2. The van der Waals surface area contributed by atoms with Crippen molar-refractivity contribution in [3.63, 3.8) is 0 Å². The van der Waals surface area contributed by atoms with Gasteiger partial charge in [-0.3, -0.25) is 9.69 Å². The number of rotatable bonds is 7. The average molecular weight is 369 g/mol. The first-order chi connectivity index (χ1) is 12.8. The van der Waals surface area contributed by atoms with Crippen LogP contribution in [0.2, 0.25) is 0 Å². The van der Waals surface area contributed by atoms with Crippen LogP contribution in [-0.2, 0) is 4.79 Å². The predicted molar refractivity (Wildman–Crippen MR) is 109 cm³/mol. The lowest BCUT2D eigenvalue weighted by Crippen LogP contribution is -2.46. The summed E-state index contributed by atoms with van der Waals surface area (Å²) in [6, 6.07) is 13.7. The Morgan fingerprint density at radius 3 is 2.65 bits per heavy atom. The Balaban J connectivity index is 1.58. The second kappa shape index (κ2) is 9.40. The second-order valence-corrected chi connectivity index (χ2v) is 7.09. The Labute approximate surface area is 159 Å². The minimum Gasteiger partial charge on any atom is -0.367 e. The fourth-order valence-corrected chi connectivity index (χ4v) is 3.63. The van der Waals surface area contributed by atoms with E-state index in [0.29, 0.717) is 5.75 Å². The van der Waals surface area contributed by atoms with E-state index in [4.69, 9.17) is 0 Å². The molecule has 1 N–H and O–H groups in total. The minimum absolute atomic E-state index is 0.0154. The maximum Gasteiger partial charge on any atom is 0.234 e. The topological polar surface area (TPSA) is 48.5 Å². The van der Waals surface area contributed by atoms with Crippen LogP contribution in [0.3, 0.4) is 0 Å². The average Bonchev–Trinajstić information content (AvgIpc) is 2.69. The first-order valence-corrected chi connectivity index (χ1v) is 9.76. The summed E-state index contributed by atoms with van der Waals surface area (Å²) in [7, 11) is 0. The van der Waals surface area contributed by atoms with E-state index in [2.05, 4.69) is 32.7 Å². The van der Waals surface area contributed by atoms with Crippen molar-refractivity contribution in [2.75, 3.05) is 48.7 Å². The molecule has 1 aliphatic rings. The molecule has 0 radical (unpaired) electrons. The molecule has 0 unspecified atom stereocenters. The van der Waals surface area contributed by atoms with Gasteiger partial charge in [0.15, 0.2) is 0 Å². The second-order valence-electron chi connectivity index (χ2n) is 6.10. The first kappa shape index (κ1) is 18.5. The molecule has 1 saturated heterocycles. The lowest BCUT2D eigenvalue weighted by atomic mass is 10.2. The minimum atomic E-state index is -0.0154. The van der Waals surface area contributed by atoms with Crippen molar-refractivity contribution in [2.24, 2.45) is 0 Å². The van der Waals surface area contributed by atoms with E-state index < -0.39 is 0 Å². The lowest BCUT2D eigenvalue weighted by Gasteiger charge is -2.36. The fourth-order valence-electron chi connectivity index (χ4n) is 2.97. The van der Waals surface area contributed by atoms with Crippen molar-refractivity contribution in [3.05, 3.63) is 61.3 Å². The van der Waals surface area contributed by atoms with Gasteiger partial charge in [0.25, 0.3) is 0 Å². The quantitative estimate of drug-likeness (QED) is 0.601. The Hall–Kier alpha value is -2.31. The largest absolute Gasteiger partial charge is 0.367 e. The van der Waals surface area contributed by atoms with Gasteiger partial charge in [0.05, 0.1) is 22.2 Å². The van der Waals surface area contributed by atoms with Crippen LogP contribution >= 0.6 is 11.8 Å². The number of carbonyl (C=O) groups excluding carboxylic acids is 1. The molecule has 2 aromatic rings. The molecule has 1 aliphatic heterocycles. The number of anilines is 2. The number of thioether (sulfide) groups is 1. The zero-order valence-corrected chi connectivity index (χ0v) is 15.6. The van der Waals surface area contributed by atoms with Gasteiger partial charge in [-0.1, -0.05) is 36.0 Å². The van der Waals surface area contributed by atoms with Gasteiger partial charge in [-0.25, -0.2) is 4.98 Å². The molecule has 5 nitrogen and oxygen atoms in total. The van der Waals surface area contributed by atoms with Gasteiger partial charge in [-0.05, 0) is 24.3 Å². The third kappa shape index (κ3) is 5.09. The molecular weight excluding hydrogens is 344 g/mol. The summed E-state index contributed by atoms with van der Waals surface area (Å²) >= 11 is 1.44. The number of piperazine rings is 1. The van der Waals surface area contributed by atoms with Crippen LogP contribution in [0, 0.1) is 0 Å². The number of pyridine rings is 1. The van der Waals surface area contributed by atoms with Gasteiger partial charge < -0.3 is 10.2 Å². The Morgan fingerprint density at radius 1 is 1.15 bits per heavy atom. The molecule has 1 fully saturated rings. The number of para-hydroxylation sites is 2. The number of aromatic nitrogens is 1. The maximum atomic E-state index is 12.4. The molecule has 0 bridgehead atoms. The number of nitrogens with one attached hydrogen (secondary N) is 1. The normalized spacial score (nSPS) is 14.8. The summed E-state index contributed by atoms with van der Waals surface area (Å²) < 4.78 is 0. The van der Waals surface area contributed by atoms with Gasteiger partial charge in [0, 0.05) is 38.9 Å². The van der Waals surface area contributed by atoms with E-state index in [1.54, 1.807) is 6.20 Å². The van der Waals surface area contributed by atoms with Gasteiger partial charge in [-0.2, -0.15) is 0 Å². The smallest absolute Gasteiger partial charge is 0.234 e. The van der Waals surface area contributed by atoms with Gasteiger partial charge >= 0.3 is 0 Å². The summed E-state index contributed by atoms with van der Waals surface area (Å²) in [4.78, 5) is 21.3. The highest BCUT2D eigenvalue weighted by molar-refractivity contribution is 7.99. The Morgan fingerprint density at radius 2 is 1.92 bits per heavy atom. The van der Waals surface area contributed by atoms with Crippen LogP contribution in [0.15, 0.2) is 66.3 Å². The van der Waals surface area contributed by atoms with Crippen LogP contribution in [-0.4, -0.2) is 54.3 Å². The molecule has 0 saturated carbocycles. The van der Waals surface area contributed by atoms with Crippen molar-refractivity contribution in [1.29, 1.82) is 0 Å². The standard InChI is InChI=1S/C20H24N4OS/c1-2-11-23-12-14-24(15-13-23)18-8-4-3-7-17(18)22-19(25)16-26-20-9-5-6-10-21-20/h2-10H,1,11-16H2,(H,22,25). The zero-order valence-electron chi connectivity index (χ0n) is 14.8. The summed E-state index contributed by atoms with van der Waals surface area (Å²) in [5.74, 6) is 0.330. The molecule has 0 atom stereocenters. The summed E-state index contributed by atoms with van der Waals surface area (Å²) in [5.41, 5.74) is 1.96. The summed E-state index contributed by atoms with van der Waals surface area (Å²) in [6.45, 7) is 8.64. The molecule has 1 aromatic carbocycles. The van der Waals surface area contributed by atoms with Crippen molar-refractivity contribution in [1.82, 2.24) is 9.88 Å². The number of benzene rings is 1. The van der Waals surface area contributed by atoms with Gasteiger partial charge in [-0.15, -0.1) is 6.58 Å².